The molecule has 5 nitrogen and oxygen atoms in total. The number of guanidine groups is 1. The SMILES string of the molecule is CCCCCNC(=NC)NCCS(=O)(=O)C(C)(C)C.I. The van der Waals surface area contributed by atoms with Crippen LogP contribution < -0.4 is 10.6 Å². The lowest BCUT2D eigenvalue weighted by molar-refractivity contribution is 0.559. The molecule has 0 unspecified atom stereocenters. The van der Waals surface area contributed by atoms with Gasteiger partial charge < -0.3 is 10.6 Å². The Hall–Kier alpha value is -0.0500. The van der Waals surface area contributed by atoms with Gasteiger partial charge in [0.05, 0.1) is 10.5 Å². The maximum atomic E-state index is 11.9. The summed E-state index contributed by atoms with van der Waals surface area (Å²) >= 11 is 0. The van der Waals surface area contributed by atoms with Gasteiger partial charge in [-0.05, 0) is 27.2 Å². The fourth-order valence-electron chi connectivity index (χ4n) is 1.41. The van der Waals surface area contributed by atoms with Crippen molar-refractivity contribution < 1.29 is 8.42 Å². The normalized spacial score (nSPS) is 12.8. The average molecular weight is 419 g/mol. The number of hydrogen-bond acceptors (Lipinski definition) is 3. The molecule has 0 aliphatic heterocycles. The molecule has 0 spiro atoms. The monoisotopic (exact) mass is 419 g/mol. The molecule has 0 bridgehead atoms. The van der Waals surface area contributed by atoms with Gasteiger partial charge in [0.25, 0.3) is 0 Å². The van der Waals surface area contributed by atoms with Gasteiger partial charge in [-0.25, -0.2) is 8.42 Å². The standard InChI is InChI=1S/C13H29N3O2S.HI/c1-6-7-8-9-15-12(14-5)16-10-11-19(17,18)13(2,3)4;/h6-11H2,1-5H3,(H2,14,15,16);1H. The third kappa shape index (κ3) is 8.99. The number of rotatable bonds is 7. The topological polar surface area (TPSA) is 70.6 Å². The number of halogens is 1. The zero-order valence-corrected chi connectivity index (χ0v) is 16.5. The van der Waals surface area contributed by atoms with Crippen LogP contribution in [0.4, 0.5) is 0 Å². The number of nitrogens with one attached hydrogen (secondary N) is 2. The Bertz CT molecular complexity index is 376. The van der Waals surface area contributed by atoms with Crippen LogP contribution in [-0.4, -0.2) is 45.0 Å². The molecule has 0 amide bonds. The maximum Gasteiger partial charge on any atom is 0.191 e. The molecule has 2 N–H and O–H groups in total. The molecule has 0 fully saturated rings. The minimum atomic E-state index is -3.08. The predicted octanol–water partition coefficient (Wildman–Crippen LogP) is 2.17. The van der Waals surface area contributed by atoms with Gasteiger partial charge in [-0.15, -0.1) is 24.0 Å². The van der Waals surface area contributed by atoms with Crippen molar-refractivity contribution in [3.63, 3.8) is 0 Å². The highest BCUT2D eigenvalue weighted by Gasteiger charge is 2.28. The first-order valence-electron chi connectivity index (χ1n) is 6.91. The summed E-state index contributed by atoms with van der Waals surface area (Å²) in [6.45, 7) is 8.57. The zero-order valence-electron chi connectivity index (χ0n) is 13.3. The van der Waals surface area contributed by atoms with Crippen molar-refractivity contribution in [1.29, 1.82) is 0 Å². The van der Waals surface area contributed by atoms with Crippen molar-refractivity contribution in [2.75, 3.05) is 25.9 Å². The minimum absolute atomic E-state index is 0. The van der Waals surface area contributed by atoms with Gasteiger partial charge in [0.2, 0.25) is 0 Å². The van der Waals surface area contributed by atoms with Crippen molar-refractivity contribution in [3.05, 3.63) is 0 Å². The third-order valence-corrected chi connectivity index (χ3v) is 5.50. The molecular formula is C13H30IN3O2S. The summed E-state index contributed by atoms with van der Waals surface area (Å²) in [5.74, 6) is 0.784. The lowest BCUT2D eigenvalue weighted by Crippen LogP contribution is -2.42. The zero-order chi connectivity index (χ0) is 14.9. The molecular weight excluding hydrogens is 389 g/mol. The number of nitrogens with zero attached hydrogens (tertiary/aromatic N) is 1. The summed E-state index contributed by atoms with van der Waals surface area (Å²) in [6.07, 6.45) is 3.46. The summed E-state index contributed by atoms with van der Waals surface area (Å²) in [6, 6.07) is 0. The van der Waals surface area contributed by atoms with Gasteiger partial charge in [0.15, 0.2) is 15.8 Å². The second-order valence-corrected chi connectivity index (χ2v) is 8.43. The van der Waals surface area contributed by atoms with Crippen molar-refractivity contribution in [2.45, 2.75) is 51.7 Å². The predicted molar refractivity (Wildman–Crippen MR) is 97.8 cm³/mol. The summed E-state index contributed by atoms with van der Waals surface area (Å²) in [5, 5.41) is 6.21. The van der Waals surface area contributed by atoms with E-state index in [4.69, 9.17) is 0 Å². The van der Waals surface area contributed by atoms with E-state index in [-0.39, 0.29) is 29.7 Å². The van der Waals surface area contributed by atoms with Crippen LogP contribution in [0, 0.1) is 0 Å². The molecule has 0 aromatic rings. The molecule has 0 saturated heterocycles. The van der Waals surface area contributed by atoms with Crippen LogP contribution >= 0.6 is 24.0 Å². The molecule has 0 heterocycles. The van der Waals surface area contributed by atoms with E-state index in [2.05, 4.69) is 22.5 Å². The first-order valence-corrected chi connectivity index (χ1v) is 8.56. The summed E-state index contributed by atoms with van der Waals surface area (Å²) in [7, 11) is -1.39. The molecule has 0 radical (unpaired) electrons. The van der Waals surface area contributed by atoms with E-state index in [9.17, 15) is 8.42 Å². The smallest absolute Gasteiger partial charge is 0.191 e. The number of unbranched alkanes of at least 4 members (excludes halogenated alkanes) is 2. The first kappa shape index (κ1) is 22.2. The van der Waals surface area contributed by atoms with Crippen LogP contribution in [0.3, 0.4) is 0 Å². The highest BCUT2D eigenvalue weighted by Crippen LogP contribution is 2.15. The van der Waals surface area contributed by atoms with Gasteiger partial charge in [-0.3, -0.25) is 4.99 Å². The van der Waals surface area contributed by atoms with E-state index in [1.807, 2.05) is 0 Å². The largest absolute Gasteiger partial charge is 0.356 e. The second kappa shape index (κ2) is 10.6. The summed E-state index contributed by atoms with van der Waals surface area (Å²) in [4.78, 5) is 4.07. The lowest BCUT2D eigenvalue weighted by Gasteiger charge is -2.19. The Kier molecular flexibility index (Phi) is 11.8. The summed E-state index contributed by atoms with van der Waals surface area (Å²) < 4.78 is 23.1. The maximum absolute atomic E-state index is 11.9. The van der Waals surface area contributed by atoms with Crippen LogP contribution in [0.15, 0.2) is 4.99 Å². The van der Waals surface area contributed by atoms with Crippen LogP contribution in [0.1, 0.15) is 47.0 Å². The van der Waals surface area contributed by atoms with E-state index >= 15 is 0 Å². The number of hydrogen-bond donors (Lipinski definition) is 2. The molecule has 122 valence electrons. The Morgan fingerprint density at radius 2 is 1.65 bits per heavy atom. The van der Waals surface area contributed by atoms with Crippen molar-refractivity contribution in [2.24, 2.45) is 4.99 Å². The molecule has 20 heavy (non-hydrogen) atoms. The van der Waals surface area contributed by atoms with Crippen LogP contribution in [0.5, 0.6) is 0 Å². The Balaban J connectivity index is 0. The second-order valence-electron chi connectivity index (χ2n) is 5.56. The van der Waals surface area contributed by atoms with Gasteiger partial charge in [-0.1, -0.05) is 19.8 Å². The fraction of sp³-hybridized carbons (Fsp3) is 0.923. The van der Waals surface area contributed by atoms with Crippen molar-refractivity contribution >= 4 is 39.8 Å². The number of aliphatic imine (C=N–C) groups is 1. The van der Waals surface area contributed by atoms with E-state index in [1.165, 1.54) is 12.8 Å². The van der Waals surface area contributed by atoms with Crippen LogP contribution in [0.2, 0.25) is 0 Å². The lowest BCUT2D eigenvalue weighted by atomic mass is 10.2. The van der Waals surface area contributed by atoms with E-state index < -0.39 is 14.6 Å². The highest BCUT2D eigenvalue weighted by atomic mass is 127. The Labute approximate surface area is 141 Å². The third-order valence-electron chi connectivity index (χ3n) is 2.89. The molecule has 0 rings (SSSR count). The highest BCUT2D eigenvalue weighted by molar-refractivity contribution is 14.0. The molecule has 0 saturated carbocycles. The van der Waals surface area contributed by atoms with E-state index in [0.29, 0.717) is 12.5 Å². The van der Waals surface area contributed by atoms with Crippen LogP contribution in [-0.2, 0) is 9.84 Å². The quantitative estimate of drug-likeness (QED) is 0.287. The van der Waals surface area contributed by atoms with Crippen molar-refractivity contribution in [1.82, 2.24) is 10.6 Å². The number of sulfone groups is 1. The average Bonchev–Trinajstić information content (AvgIpc) is 2.30. The Morgan fingerprint density at radius 3 is 2.10 bits per heavy atom. The molecule has 0 aliphatic rings. The summed E-state index contributed by atoms with van der Waals surface area (Å²) in [5.41, 5.74) is 0. The molecule has 0 aliphatic carbocycles. The van der Waals surface area contributed by atoms with Crippen LogP contribution in [0.25, 0.3) is 0 Å². The molecule has 0 aromatic carbocycles. The van der Waals surface area contributed by atoms with E-state index in [1.54, 1.807) is 27.8 Å². The molecule has 0 atom stereocenters. The molecule has 7 heteroatoms. The van der Waals surface area contributed by atoms with Gasteiger partial charge >= 0.3 is 0 Å². The van der Waals surface area contributed by atoms with Gasteiger partial charge in [0, 0.05) is 20.1 Å². The van der Waals surface area contributed by atoms with Crippen molar-refractivity contribution in [3.8, 4) is 0 Å². The fourth-order valence-corrected chi connectivity index (χ4v) is 2.40. The van der Waals surface area contributed by atoms with Gasteiger partial charge in [-0.2, -0.15) is 0 Å². The van der Waals surface area contributed by atoms with Gasteiger partial charge in [0.1, 0.15) is 0 Å². The Morgan fingerprint density at radius 1 is 1.10 bits per heavy atom. The molecule has 0 aromatic heterocycles. The van der Waals surface area contributed by atoms with E-state index in [0.717, 1.165) is 13.0 Å². The first-order chi connectivity index (χ1) is 8.74. The minimum Gasteiger partial charge on any atom is -0.356 e.